The van der Waals surface area contributed by atoms with Crippen LogP contribution in [0.25, 0.3) is 0 Å². The monoisotopic (exact) mass is 490 g/mol. The molecule has 4 rings (SSSR count). The first-order valence-corrected chi connectivity index (χ1v) is 11.7. The number of nitrogens with zero attached hydrogens (tertiary/aromatic N) is 2. The van der Waals surface area contributed by atoms with E-state index in [1.54, 1.807) is 29.2 Å². The van der Waals surface area contributed by atoms with Gasteiger partial charge in [-0.1, -0.05) is 30.3 Å². The van der Waals surface area contributed by atoms with Crippen molar-refractivity contribution in [3.63, 3.8) is 0 Å². The average Bonchev–Trinajstić information content (AvgIpc) is 3.37. The Balaban J connectivity index is 1.32. The Bertz CT molecular complexity index is 1210. The Kier molecular flexibility index (Phi) is 7.89. The summed E-state index contributed by atoms with van der Waals surface area (Å²) in [6.45, 7) is 3.30. The van der Waals surface area contributed by atoms with E-state index in [4.69, 9.17) is 21.7 Å². The van der Waals surface area contributed by atoms with Crippen LogP contribution < -0.4 is 20.1 Å². The number of carbonyl (C=O) groups excluding carboxylic acids is 2. The highest BCUT2D eigenvalue weighted by atomic mass is 32.1. The molecule has 2 heterocycles. The zero-order valence-electron chi connectivity index (χ0n) is 19.3. The number of hydrogen-bond donors (Lipinski definition) is 2. The summed E-state index contributed by atoms with van der Waals surface area (Å²) in [5.74, 6) is 1.12. The lowest BCUT2D eigenvalue weighted by molar-refractivity contribution is -0.119. The molecular weight excluding hydrogens is 464 g/mol. The number of aryl methyl sites for hydroxylation is 1. The molecule has 1 aliphatic rings. The fraction of sp³-hybridized carbons (Fsp3) is 0.231. The van der Waals surface area contributed by atoms with E-state index >= 15 is 0 Å². The highest BCUT2D eigenvalue weighted by Crippen LogP contribution is 2.29. The molecule has 0 saturated carbocycles. The standard InChI is InChI=1S/C26H26N4O4S/c1-18-15-20(28-25(35)29-23(31)16-19-7-3-2-4-8-19)9-10-22(18)33-21-11-12-27-24(17-21)34-26(32)30-13-5-6-14-30/h2-4,7-12,15,17H,5-6,13-14,16H2,1H3,(H2,28,29,31,35). The van der Waals surface area contributed by atoms with E-state index in [1.165, 1.54) is 6.20 Å². The van der Waals surface area contributed by atoms with Gasteiger partial charge in [0.2, 0.25) is 11.8 Å². The molecule has 0 bridgehead atoms. The van der Waals surface area contributed by atoms with Gasteiger partial charge >= 0.3 is 6.09 Å². The molecule has 1 aliphatic heterocycles. The van der Waals surface area contributed by atoms with Crippen LogP contribution in [0, 0.1) is 6.92 Å². The van der Waals surface area contributed by atoms with Gasteiger partial charge in [-0.15, -0.1) is 0 Å². The molecule has 3 aromatic rings. The third-order valence-electron chi connectivity index (χ3n) is 5.38. The van der Waals surface area contributed by atoms with Crippen LogP contribution in [-0.2, 0) is 11.2 Å². The predicted octanol–water partition coefficient (Wildman–Crippen LogP) is 4.83. The topological polar surface area (TPSA) is 92.8 Å². The zero-order valence-corrected chi connectivity index (χ0v) is 20.1. The van der Waals surface area contributed by atoms with Gasteiger partial charge in [0.1, 0.15) is 11.5 Å². The SMILES string of the molecule is Cc1cc(NC(=S)NC(=O)Cc2ccccc2)ccc1Oc1ccnc(OC(=O)N2CCCC2)c1. The molecule has 9 heteroatoms. The Labute approximate surface area is 209 Å². The molecular formula is C26H26N4O4S. The quantitative estimate of drug-likeness (QED) is 0.478. The minimum atomic E-state index is -0.398. The van der Waals surface area contributed by atoms with Crippen LogP contribution in [0.15, 0.2) is 66.9 Å². The van der Waals surface area contributed by atoms with Crippen molar-refractivity contribution in [1.29, 1.82) is 0 Å². The van der Waals surface area contributed by atoms with Crippen LogP contribution in [0.1, 0.15) is 24.0 Å². The lowest BCUT2D eigenvalue weighted by Crippen LogP contribution is -2.35. The molecule has 1 fully saturated rings. The van der Waals surface area contributed by atoms with E-state index < -0.39 is 6.09 Å². The van der Waals surface area contributed by atoms with E-state index in [2.05, 4.69) is 15.6 Å². The fourth-order valence-electron chi connectivity index (χ4n) is 3.65. The second-order valence-electron chi connectivity index (χ2n) is 8.14. The van der Waals surface area contributed by atoms with Gasteiger partial charge in [0.05, 0.1) is 6.42 Å². The fourth-order valence-corrected chi connectivity index (χ4v) is 3.88. The number of thiocarbonyl (C=S) groups is 1. The summed E-state index contributed by atoms with van der Waals surface area (Å²) in [5, 5.41) is 5.93. The van der Waals surface area contributed by atoms with Gasteiger partial charge in [-0.25, -0.2) is 9.78 Å². The van der Waals surface area contributed by atoms with Crippen LogP contribution in [0.4, 0.5) is 10.5 Å². The Morgan fingerprint density at radius 3 is 2.57 bits per heavy atom. The van der Waals surface area contributed by atoms with Crippen molar-refractivity contribution in [2.75, 3.05) is 18.4 Å². The van der Waals surface area contributed by atoms with E-state index in [-0.39, 0.29) is 23.3 Å². The maximum absolute atomic E-state index is 12.2. The number of benzene rings is 2. The van der Waals surface area contributed by atoms with Crippen LogP contribution in [0.5, 0.6) is 17.4 Å². The number of aromatic nitrogens is 1. The number of hydrogen-bond acceptors (Lipinski definition) is 6. The summed E-state index contributed by atoms with van der Waals surface area (Å²) in [7, 11) is 0. The van der Waals surface area contributed by atoms with Crippen molar-refractivity contribution >= 4 is 35.0 Å². The third kappa shape index (κ3) is 7.00. The summed E-state index contributed by atoms with van der Waals surface area (Å²) in [4.78, 5) is 30.2. The first-order chi connectivity index (χ1) is 17.0. The van der Waals surface area contributed by atoms with Crippen LogP contribution in [0.2, 0.25) is 0 Å². The van der Waals surface area contributed by atoms with Crippen molar-refractivity contribution < 1.29 is 19.1 Å². The maximum atomic E-state index is 12.2. The van der Waals surface area contributed by atoms with Gasteiger partial charge in [0, 0.05) is 31.0 Å². The van der Waals surface area contributed by atoms with Crippen molar-refractivity contribution in [2.24, 2.45) is 0 Å². The first kappa shape index (κ1) is 24.2. The number of nitrogens with one attached hydrogen (secondary N) is 2. The molecule has 2 amide bonds. The van der Waals surface area contributed by atoms with Crippen LogP contribution in [-0.4, -0.2) is 40.1 Å². The lowest BCUT2D eigenvalue weighted by Gasteiger charge is -2.15. The van der Waals surface area contributed by atoms with Crippen molar-refractivity contribution in [1.82, 2.24) is 15.2 Å². The third-order valence-corrected chi connectivity index (χ3v) is 5.59. The number of ether oxygens (including phenoxy) is 2. The molecule has 0 atom stereocenters. The summed E-state index contributed by atoms with van der Waals surface area (Å²) in [6, 6.07) is 18.2. The second kappa shape index (κ2) is 11.4. The van der Waals surface area contributed by atoms with Gasteiger partial charge in [-0.05, 0) is 67.4 Å². The number of likely N-dealkylation sites (tertiary alicyclic amines) is 1. The summed E-state index contributed by atoms with van der Waals surface area (Å²) >= 11 is 5.27. The molecule has 180 valence electrons. The van der Waals surface area contributed by atoms with Gasteiger partial charge in [0.15, 0.2) is 5.11 Å². The predicted molar refractivity (Wildman–Crippen MR) is 137 cm³/mol. The van der Waals surface area contributed by atoms with Crippen molar-refractivity contribution in [2.45, 2.75) is 26.2 Å². The van der Waals surface area contributed by atoms with Crippen molar-refractivity contribution in [3.05, 3.63) is 78.0 Å². The molecule has 8 nitrogen and oxygen atoms in total. The number of carbonyl (C=O) groups is 2. The highest BCUT2D eigenvalue weighted by Gasteiger charge is 2.20. The molecule has 1 aromatic heterocycles. The molecule has 2 N–H and O–H groups in total. The smallest absolute Gasteiger partial charge is 0.416 e. The molecule has 0 spiro atoms. The number of rotatable bonds is 6. The van der Waals surface area contributed by atoms with Gasteiger partial charge in [0.25, 0.3) is 0 Å². The number of pyridine rings is 1. The Morgan fingerprint density at radius 1 is 1.06 bits per heavy atom. The molecule has 0 unspecified atom stereocenters. The summed E-state index contributed by atoms with van der Waals surface area (Å²) in [5.41, 5.74) is 2.48. The van der Waals surface area contributed by atoms with E-state index in [0.717, 1.165) is 29.7 Å². The van der Waals surface area contributed by atoms with Crippen LogP contribution >= 0.6 is 12.2 Å². The average molecular weight is 491 g/mol. The van der Waals surface area contributed by atoms with E-state index in [1.807, 2.05) is 43.3 Å². The normalized spacial score (nSPS) is 12.7. The summed E-state index contributed by atoms with van der Waals surface area (Å²) < 4.78 is 11.3. The van der Waals surface area contributed by atoms with Gasteiger partial charge in [-0.3, -0.25) is 4.79 Å². The summed E-state index contributed by atoms with van der Waals surface area (Å²) in [6.07, 6.45) is 3.35. The molecule has 35 heavy (non-hydrogen) atoms. The number of amides is 2. The van der Waals surface area contributed by atoms with Gasteiger partial charge in [-0.2, -0.15) is 0 Å². The van der Waals surface area contributed by atoms with Crippen molar-refractivity contribution in [3.8, 4) is 17.4 Å². The first-order valence-electron chi connectivity index (χ1n) is 11.3. The number of anilines is 1. The van der Waals surface area contributed by atoms with E-state index in [9.17, 15) is 9.59 Å². The highest BCUT2D eigenvalue weighted by molar-refractivity contribution is 7.80. The maximum Gasteiger partial charge on any atom is 0.416 e. The van der Waals surface area contributed by atoms with Gasteiger partial charge < -0.3 is 25.0 Å². The zero-order chi connectivity index (χ0) is 24.6. The largest absolute Gasteiger partial charge is 0.457 e. The van der Waals surface area contributed by atoms with Crippen LogP contribution in [0.3, 0.4) is 0 Å². The Morgan fingerprint density at radius 2 is 1.83 bits per heavy atom. The minimum Gasteiger partial charge on any atom is -0.457 e. The second-order valence-corrected chi connectivity index (χ2v) is 8.55. The minimum absolute atomic E-state index is 0.187. The molecule has 0 aliphatic carbocycles. The molecule has 1 saturated heterocycles. The Hall–Kier alpha value is -3.98. The van der Waals surface area contributed by atoms with E-state index in [0.29, 0.717) is 24.6 Å². The molecule has 2 aromatic carbocycles. The lowest BCUT2D eigenvalue weighted by atomic mass is 10.1. The molecule has 0 radical (unpaired) electrons.